The van der Waals surface area contributed by atoms with E-state index in [0.29, 0.717) is 12.2 Å². The van der Waals surface area contributed by atoms with Crippen molar-refractivity contribution in [1.82, 2.24) is 4.98 Å². The molecule has 0 aliphatic heterocycles. The Balaban J connectivity index is 2.72. The molecule has 0 atom stereocenters. The van der Waals surface area contributed by atoms with Crippen molar-refractivity contribution in [2.75, 3.05) is 5.73 Å². The molecule has 0 radical (unpaired) electrons. The number of aromatic nitrogens is 1. The molecule has 1 aromatic heterocycles. The van der Waals surface area contributed by atoms with Crippen LogP contribution in [0.5, 0.6) is 0 Å². The van der Waals surface area contributed by atoms with Crippen molar-refractivity contribution in [2.24, 2.45) is 5.41 Å². The fourth-order valence-corrected chi connectivity index (χ4v) is 1.89. The third-order valence-electron chi connectivity index (χ3n) is 2.26. The predicted octanol–water partition coefficient (Wildman–Crippen LogP) is 2.21. The minimum Gasteiger partial charge on any atom is -0.384 e. The number of nitrogens with two attached hydrogens (primary N) is 1. The van der Waals surface area contributed by atoms with Crippen molar-refractivity contribution in [3.05, 3.63) is 23.9 Å². The number of hydrogen-bond donors (Lipinski definition) is 1. The minimum atomic E-state index is -0.0143. The minimum absolute atomic E-state index is 0.0143. The SMILES string of the molecule is CC(=O)CC(C)(C)Cc1ccnc(N)c1. The van der Waals surface area contributed by atoms with Gasteiger partial charge in [-0.25, -0.2) is 4.98 Å². The standard InChI is InChI=1S/C12H18N2O/c1-9(15)7-12(2,3)8-10-4-5-14-11(13)6-10/h4-6H,7-8H2,1-3H3,(H2,13,14). The molecule has 15 heavy (non-hydrogen) atoms. The van der Waals surface area contributed by atoms with Crippen molar-refractivity contribution in [2.45, 2.75) is 33.6 Å². The largest absolute Gasteiger partial charge is 0.384 e. The summed E-state index contributed by atoms with van der Waals surface area (Å²) in [5, 5.41) is 0. The molecule has 0 unspecified atom stereocenters. The Labute approximate surface area is 90.7 Å². The van der Waals surface area contributed by atoms with E-state index < -0.39 is 0 Å². The lowest BCUT2D eigenvalue weighted by Crippen LogP contribution is -2.18. The molecule has 0 bridgehead atoms. The Morgan fingerprint density at radius 3 is 2.73 bits per heavy atom. The summed E-state index contributed by atoms with van der Waals surface area (Å²) < 4.78 is 0. The van der Waals surface area contributed by atoms with Crippen molar-refractivity contribution in [1.29, 1.82) is 0 Å². The molecule has 1 heterocycles. The van der Waals surface area contributed by atoms with Crippen molar-refractivity contribution in [3.8, 4) is 0 Å². The van der Waals surface area contributed by atoms with Gasteiger partial charge in [-0.3, -0.25) is 0 Å². The molecular formula is C12H18N2O. The summed E-state index contributed by atoms with van der Waals surface area (Å²) in [5.41, 5.74) is 6.72. The first-order valence-electron chi connectivity index (χ1n) is 5.09. The molecule has 0 fully saturated rings. The first kappa shape index (κ1) is 11.7. The number of carbonyl (C=O) groups excluding carboxylic acids is 1. The van der Waals surface area contributed by atoms with Crippen LogP contribution in [-0.4, -0.2) is 10.8 Å². The van der Waals surface area contributed by atoms with Crippen LogP contribution < -0.4 is 5.73 Å². The normalized spacial score (nSPS) is 11.4. The van der Waals surface area contributed by atoms with Crippen LogP contribution in [0, 0.1) is 5.41 Å². The van der Waals surface area contributed by atoms with E-state index in [1.807, 2.05) is 12.1 Å². The molecule has 1 aromatic rings. The van der Waals surface area contributed by atoms with E-state index in [9.17, 15) is 4.79 Å². The van der Waals surface area contributed by atoms with Crippen LogP contribution in [0.25, 0.3) is 0 Å². The average molecular weight is 206 g/mol. The molecule has 0 spiro atoms. The number of pyridine rings is 1. The van der Waals surface area contributed by atoms with Gasteiger partial charge < -0.3 is 10.5 Å². The summed E-state index contributed by atoms with van der Waals surface area (Å²) >= 11 is 0. The average Bonchev–Trinajstić information content (AvgIpc) is 1.99. The van der Waals surface area contributed by atoms with Crippen molar-refractivity contribution in [3.63, 3.8) is 0 Å². The lowest BCUT2D eigenvalue weighted by Gasteiger charge is -2.23. The first-order chi connectivity index (χ1) is 6.89. The van der Waals surface area contributed by atoms with Gasteiger partial charge in [0.15, 0.2) is 0 Å². The van der Waals surface area contributed by atoms with Crippen LogP contribution in [0.2, 0.25) is 0 Å². The number of carbonyl (C=O) groups is 1. The highest BCUT2D eigenvalue weighted by Gasteiger charge is 2.20. The summed E-state index contributed by atoms with van der Waals surface area (Å²) in [6, 6.07) is 3.81. The smallest absolute Gasteiger partial charge is 0.130 e. The van der Waals surface area contributed by atoms with Gasteiger partial charge in [0.25, 0.3) is 0 Å². The maximum atomic E-state index is 11.1. The van der Waals surface area contributed by atoms with Gasteiger partial charge in [-0.1, -0.05) is 13.8 Å². The van der Waals surface area contributed by atoms with E-state index in [-0.39, 0.29) is 11.2 Å². The zero-order valence-electron chi connectivity index (χ0n) is 9.58. The Hall–Kier alpha value is -1.38. The molecule has 0 saturated heterocycles. The highest BCUT2D eigenvalue weighted by Crippen LogP contribution is 2.26. The summed E-state index contributed by atoms with van der Waals surface area (Å²) in [6.07, 6.45) is 3.14. The van der Waals surface area contributed by atoms with Crippen LogP contribution in [0.15, 0.2) is 18.3 Å². The monoisotopic (exact) mass is 206 g/mol. The number of anilines is 1. The molecule has 3 heteroatoms. The Morgan fingerprint density at radius 1 is 1.53 bits per heavy atom. The Kier molecular flexibility index (Phi) is 3.45. The summed E-state index contributed by atoms with van der Waals surface area (Å²) in [6.45, 7) is 5.80. The number of Topliss-reactive ketones (excluding diaryl/α,β-unsaturated/α-hetero) is 1. The van der Waals surface area contributed by atoms with Gasteiger partial charge in [0.05, 0.1) is 0 Å². The number of ketones is 1. The van der Waals surface area contributed by atoms with Gasteiger partial charge in [0.2, 0.25) is 0 Å². The number of nitrogen functional groups attached to an aromatic ring is 1. The van der Waals surface area contributed by atoms with Crippen LogP contribution >= 0.6 is 0 Å². The predicted molar refractivity (Wildman–Crippen MR) is 61.4 cm³/mol. The van der Waals surface area contributed by atoms with Crippen LogP contribution in [0.4, 0.5) is 5.82 Å². The Morgan fingerprint density at radius 2 is 2.20 bits per heavy atom. The second kappa shape index (κ2) is 4.43. The number of hydrogen-bond acceptors (Lipinski definition) is 3. The third kappa shape index (κ3) is 4.11. The van der Waals surface area contributed by atoms with Crippen LogP contribution in [0.3, 0.4) is 0 Å². The van der Waals surface area contributed by atoms with Crippen molar-refractivity contribution >= 4 is 11.6 Å². The number of nitrogens with zero attached hydrogens (tertiary/aromatic N) is 1. The molecule has 0 aromatic carbocycles. The fraction of sp³-hybridized carbons (Fsp3) is 0.500. The fourth-order valence-electron chi connectivity index (χ4n) is 1.89. The molecule has 0 saturated carbocycles. The molecule has 0 aliphatic rings. The van der Waals surface area contributed by atoms with Gasteiger partial charge in [0, 0.05) is 12.6 Å². The van der Waals surface area contributed by atoms with Gasteiger partial charge in [-0.05, 0) is 36.5 Å². The molecule has 1 rings (SSSR count). The number of rotatable bonds is 4. The molecular weight excluding hydrogens is 188 g/mol. The van der Waals surface area contributed by atoms with Crippen molar-refractivity contribution < 1.29 is 4.79 Å². The third-order valence-corrected chi connectivity index (χ3v) is 2.26. The van der Waals surface area contributed by atoms with Gasteiger partial charge in [0.1, 0.15) is 11.6 Å². The van der Waals surface area contributed by atoms with E-state index in [1.165, 1.54) is 0 Å². The van der Waals surface area contributed by atoms with Gasteiger partial charge in [-0.2, -0.15) is 0 Å². The van der Waals surface area contributed by atoms with Crippen LogP contribution in [0.1, 0.15) is 32.8 Å². The molecule has 0 amide bonds. The van der Waals surface area contributed by atoms with E-state index in [1.54, 1.807) is 13.1 Å². The van der Waals surface area contributed by atoms with E-state index >= 15 is 0 Å². The van der Waals surface area contributed by atoms with E-state index in [2.05, 4.69) is 18.8 Å². The highest BCUT2D eigenvalue weighted by molar-refractivity contribution is 5.76. The second-order valence-corrected chi connectivity index (χ2v) is 4.81. The summed E-state index contributed by atoms with van der Waals surface area (Å²) in [5.74, 6) is 0.758. The van der Waals surface area contributed by atoms with E-state index in [4.69, 9.17) is 5.73 Å². The highest BCUT2D eigenvalue weighted by atomic mass is 16.1. The zero-order valence-corrected chi connectivity index (χ0v) is 9.58. The molecule has 82 valence electrons. The molecule has 2 N–H and O–H groups in total. The topological polar surface area (TPSA) is 56.0 Å². The zero-order chi connectivity index (χ0) is 11.5. The molecule has 0 aliphatic carbocycles. The summed E-state index contributed by atoms with van der Waals surface area (Å²) in [7, 11) is 0. The quantitative estimate of drug-likeness (QED) is 0.821. The second-order valence-electron chi connectivity index (χ2n) is 4.81. The summed E-state index contributed by atoms with van der Waals surface area (Å²) in [4.78, 5) is 15.0. The van der Waals surface area contributed by atoms with Gasteiger partial charge in [-0.15, -0.1) is 0 Å². The van der Waals surface area contributed by atoms with E-state index in [0.717, 1.165) is 12.0 Å². The first-order valence-corrected chi connectivity index (χ1v) is 5.09. The lowest BCUT2D eigenvalue weighted by atomic mass is 9.82. The maximum absolute atomic E-state index is 11.1. The van der Waals surface area contributed by atoms with Gasteiger partial charge >= 0.3 is 0 Å². The molecule has 3 nitrogen and oxygen atoms in total. The lowest BCUT2D eigenvalue weighted by molar-refractivity contribution is -0.118. The van der Waals surface area contributed by atoms with Crippen LogP contribution in [-0.2, 0) is 11.2 Å². The Bertz CT molecular complexity index is 358. The maximum Gasteiger partial charge on any atom is 0.130 e.